The van der Waals surface area contributed by atoms with Gasteiger partial charge in [-0.1, -0.05) is 12.1 Å². The number of carbonyl (C=O) groups is 1. The van der Waals surface area contributed by atoms with Gasteiger partial charge in [0.2, 0.25) is 5.91 Å². The molecular weight excluding hydrogens is 369 g/mol. The van der Waals surface area contributed by atoms with E-state index in [4.69, 9.17) is 0 Å². The van der Waals surface area contributed by atoms with Crippen LogP contribution in [-0.2, 0) is 14.6 Å². The summed E-state index contributed by atoms with van der Waals surface area (Å²) in [6.07, 6.45) is 4.11. The molecule has 2 N–H and O–H groups in total. The van der Waals surface area contributed by atoms with Crippen molar-refractivity contribution in [2.45, 2.75) is 36.5 Å². The number of rotatable bonds is 4. The van der Waals surface area contributed by atoms with Crippen LogP contribution in [0.2, 0.25) is 0 Å². The zero-order valence-electron chi connectivity index (χ0n) is 15.0. The fraction of sp³-hybridized carbons (Fsp3) is 0.350. The van der Waals surface area contributed by atoms with Gasteiger partial charge in [-0.25, -0.2) is 12.8 Å². The fourth-order valence-corrected chi connectivity index (χ4v) is 4.35. The number of sulfone groups is 1. The van der Waals surface area contributed by atoms with E-state index in [1.807, 2.05) is 0 Å². The van der Waals surface area contributed by atoms with E-state index in [9.17, 15) is 22.7 Å². The third kappa shape index (κ3) is 4.66. The molecule has 0 saturated heterocycles. The van der Waals surface area contributed by atoms with Crippen LogP contribution in [0.5, 0.6) is 5.75 Å². The number of halogens is 1. The van der Waals surface area contributed by atoms with E-state index >= 15 is 0 Å². The third-order valence-electron chi connectivity index (χ3n) is 5.07. The van der Waals surface area contributed by atoms with Crippen molar-refractivity contribution in [2.75, 3.05) is 11.6 Å². The maximum absolute atomic E-state index is 13.0. The van der Waals surface area contributed by atoms with E-state index < -0.39 is 9.84 Å². The first-order chi connectivity index (χ1) is 12.7. The second-order valence-corrected chi connectivity index (χ2v) is 9.03. The summed E-state index contributed by atoms with van der Waals surface area (Å²) in [6.45, 7) is 0. The summed E-state index contributed by atoms with van der Waals surface area (Å²) < 4.78 is 36.4. The standard InChI is InChI=1S/C20H22FNO4S/c1-27(25,26)19-12-17(10-11-18(19)23)22-20(24)15-4-2-13(3-5-15)14-6-8-16(21)9-7-14/h6-13,15,23H,2-5H2,1H3,(H,22,24)/t13-,15-. The maximum atomic E-state index is 13.0. The smallest absolute Gasteiger partial charge is 0.227 e. The number of phenolic OH excluding ortho intramolecular Hbond substituents is 1. The van der Waals surface area contributed by atoms with Crippen molar-refractivity contribution in [3.05, 3.63) is 53.8 Å². The molecule has 144 valence electrons. The van der Waals surface area contributed by atoms with Crippen LogP contribution >= 0.6 is 0 Å². The number of hydrogen-bond donors (Lipinski definition) is 2. The Balaban J connectivity index is 1.62. The van der Waals surface area contributed by atoms with Gasteiger partial charge in [0.05, 0.1) is 0 Å². The van der Waals surface area contributed by atoms with E-state index in [1.165, 1.54) is 30.3 Å². The number of carbonyl (C=O) groups excluding carboxylic acids is 1. The number of benzene rings is 2. The van der Waals surface area contributed by atoms with E-state index in [0.29, 0.717) is 24.4 Å². The Kier molecular flexibility index (Phi) is 5.51. The maximum Gasteiger partial charge on any atom is 0.227 e. The topological polar surface area (TPSA) is 83.5 Å². The second-order valence-electron chi connectivity index (χ2n) is 7.04. The summed E-state index contributed by atoms with van der Waals surface area (Å²) in [5.74, 6) is -0.584. The number of phenols is 1. The molecule has 1 amide bonds. The van der Waals surface area contributed by atoms with Gasteiger partial charge in [0.1, 0.15) is 16.5 Å². The molecule has 1 aliphatic rings. The molecule has 2 aromatic rings. The molecule has 1 fully saturated rings. The van der Waals surface area contributed by atoms with Crippen molar-refractivity contribution in [1.29, 1.82) is 0 Å². The minimum absolute atomic E-state index is 0.155. The molecule has 0 radical (unpaired) electrons. The molecule has 0 bridgehead atoms. The predicted octanol–water partition coefficient (Wildman–Crippen LogP) is 3.85. The van der Waals surface area contributed by atoms with Crippen LogP contribution in [-0.4, -0.2) is 25.7 Å². The summed E-state index contributed by atoms with van der Waals surface area (Å²) in [5.41, 5.74) is 1.44. The highest BCUT2D eigenvalue weighted by Crippen LogP contribution is 2.36. The molecule has 5 nitrogen and oxygen atoms in total. The summed E-state index contributed by atoms with van der Waals surface area (Å²) >= 11 is 0. The minimum atomic E-state index is -3.59. The number of nitrogens with one attached hydrogen (secondary N) is 1. The van der Waals surface area contributed by atoms with Gasteiger partial charge >= 0.3 is 0 Å². The molecule has 0 unspecified atom stereocenters. The summed E-state index contributed by atoms with van der Waals surface area (Å²) in [7, 11) is -3.59. The van der Waals surface area contributed by atoms with Crippen LogP contribution in [0.15, 0.2) is 47.4 Å². The van der Waals surface area contributed by atoms with Gasteiger partial charge in [0, 0.05) is 17.9 Å². The van der Waals surface area contributed by atoms with E-state index in [1.54, 1.807) is 12.1 Å². The molecule has 0 heterocycles. The fourth-order valence-electron chi connectivity index (χ4n) is 3.56. The quantitative estimate of drug-likeness (QED) is 0.776. The van der Waals surface area contributed by atoms with E-state index in [0.717, 1.165) is 24.7 Å². The van der Waals surface area contributed by atoms with E-state index in [-0.39, 0.29) is 28.3 Å². The average Bonchev–Trinajstić information content (AvgIpc) is 2.63. The molecule has 27 heavy (non-hydrogen) atoms. The molecule has 2 aromatic carbocycles. The van der Waals surface area contributed by atoms with Crippen LogP contribution in [0.4, 0.5) is 10.1 Å². The Hall–Kier alpha value is -2.41. The molecule has 0 atom stereocenters. The lowest BCUT2D eigenvalue weighted by molar-refractivity contribution is -0.120. The first-order valence-corrected chi connectivity index (χ1v) is 10.7. The van der Waals surface area contributed by atoms with Gasteiger partial charge in [-0.15, -0.1) is 0 Å². The Morgan fingerprint density at radius 3 is 2.30 bits per heavy atom. The number of hydrogen-bond acceptors (Lipinski definition) is 4. The van der Waals surface area contributed by atoms with Gasteiger partial charge in [0.15, 0.2) is 9.84 Å². The van der Waals surface area contributed by atoms with Gasteiger partial charge in [-0.05, 0) is 67.5 Å². The second kappa shape index (κ2) is 7.68. The van der Waals surface area contributed by atoms with Crippen LogP contribution in [0.3, 0.4) is 0 Å². The van der Waals surface area contributed by atoms with Crippen molar-refractivity contribution in [1.82, 2.24) is 0 Å². The van der Waals surface area contributed by atoms with Crippen molar-refractivity contribution < 1.29 is 22.7 Å². The van der Waals surface area contributed by atoms with Gasteiger partial charge in [0.25, 0.3) is 0 Å². The van der Waals surface area contributed by atoms with Crippen molar-refractivity contribution >= 4 is 21.4 Å². The lowest BCUT2D eigenvalue weighted by Gasteiger charge is -2.28. The highest BCUT2D eigenvalue weighted by Gasteiger charge is 2.27. The Labute approximate surface area is 158 Å². The van der Waals surface area contributed by atoms with Crippen molar-refractivity contribution in [3.8, 4) is 5.75 Å². The minimum Gasteiger partial charge on any atom is -0.507 e. The Morgan fingerprint density at radius 1 is 1.07 bits per heavy atom. The van der Waals surface area contributed by atoms with Crippen LogP contribution in [0.1, 0.15) is 37.2 Å². The monoisotopic (exact) mass is 391 g/mol. The first-order valence-electron chi connectivity index (χ1n) is 8.83. The third-order valence-corrected chi connectivity index (χ3v) is 6.19. The zero-order chi connectivity index (χ0) is 19.6. The number of amides is 1. The lowest BCUT2D eigenvalue weighted by Crippen LogP contribution is -2.26. The highest BCUT2D eigenvalue weighted by atomic mass is 32.2. The molecule has 0 aromatic heterocycles. The molecule has 0 aliphatic heterocycles. The highest BCUT2D eigenvalue weighted by molar-refractivity contribution is 7.90. The number of anilines is 1. The molecule has 7 heteroatoms. The van der Waals surface area contributed by atoms with Crippen LogP contribution < -0.4 is 5.32 Å². The summed E-state index contributed by atoms with van der Waals surface area (Å²) in [6, 6.07) is 10.5. The van der Waals surface area contributed by atoms with Gasteiger partial charge in [-0.3, -0.25) is 4.79 Å². The predicted molar refractivity (Wildman–Crippen MR) is 101 cm³/mol. The van der Waals surface area contributed by atoms with Crippen molar-refractivity contribution in [2.24, 2.45) is 5.92 Å². The SMILES string of the molecule is CS(=O)(=O)c1cc(NC(=O)[C@H]2CC[C@H](c3ccc(F)cc3)CC2)ccc1O. The van der Waals surface area contributed by atoms with Crippen LogP contribution in [0.25, 0.3) is 0 Å². The Morgan fingerprint density at radius 2 is 1.70 bits per heavy atom. The Bertz CT molecular complexity index is 933. The molecule has 1 aliphatic carbocycles. The normalized spacial score (nSPS) is 20.2. The molecule has 0 spiro atoms. The summed E-state index contributed by atoms with van der Waals surface area (Å²) in [5, 5.41) is 12.4. The first kappa shape index (κ1) is 19.4. The molecule has 1 saturated carbocycles. The lowest BCUT2D eigenvalue weighted by atomic mass is 9.78. The van der Waals surface area contributed by atoms with Gasteiger partial charge < -0.3 is 10.4 Å². The molecule has 3 rings (SSSR count). The number of aromatic hydroxyl groups is 1. The molecular formula is C20H22FNO4S. The zero-order valence-corrected chi connectivity index (χ0v) is 15.8. The summed E-state index contributed by atoms with van der Waals surface area (Å²) in [4.78, 5) is 12.3. The van der Waals surface area contributed by atoms with Crippen LogP contribution in [0, 0.1) is 11.7 Å². The van der Waals surface area contributed by atoms with E-state index in [2.05, 4.69) is 5.32 Å². The van der Waals surface area contributed by atoms with Crippen molar-refractivity contribution in [3.63, 3.8) is 0 Å². The van der Waals surface area contributed by atoms with Gasteiger partial charge in [-0.2, -0.15) is 0 Å². The average molecular weight is 391 g/mol. The largest absolute Gasteiger partial charge is 0.507 e.